The number of amides is 3. The van der Waals surface area contributed by atoms with E-state index in [1.54, 1.807) is 20.8 Å². The number of carbonyl (C=O) groups excluding carboxylic acids is 7. The van der Waals surface area contributed by atoms with Gasteiger partial charge in [0, 0.05) is 39.0 Å². The van der Waals surface area contributed by atoms with Gasteiger partial charge in [0.2, 0.25) is 11.8 Å². The van der Waals surface area contributed by atoms with Crippen molar-refractivity contribution in [1.29, 1.82) is 0 Å². The SMILES string of the molecule is COC(=O)[C@H](CCC(=O)NCCCCCN(CCCCCNC(=O)CC[C@@H](CC(=O)OCc1ccccc1)C(=O)OC)CCOCCOCCNC(=O)OC(C)(C)C)CC(=O)OCc1ccccc1. The quantitative estimate of drug-likeness (QED) is 0.0412. The second-order valence-corrected chi connectivity index (χ2v) is 17.5. The van der Waals surface area contributed by atoms with E-state index in [1.807, 2.05) is 60.7 Å². The van der Waals surface area contributed by atoms with Crippen LogP contribution in [0.15, 0.2) is 60.7 Å². The zero-order chi connectivity index (χ0) is 50.5. The number of rotatable bonds is 37. The lowest BCUT2D eigenvalue weighted by atomic mass is 9.99. The number of carbonyl (C=O) groups is 7. The van der Waals surface area contributed by atoms with Crippen LogP contribution in [0.1, 0.15) is 109 Å². The van der Waals surface area contributed by atoms with Crippen LogP contribution < -0.4 is 16.0 Å². The van der Waals surface area contributed by atoms with Crippen LogP contribution in [0.2, 0.25) is 0 Å². The van der Waals surface area contributed by atoms with E-state index in [2.05, 4.69) is 20.9 Å². The van der Waals surface area contributed by atoms with E-state index in [1.165, 1.54) is 14.2 Å². The lowest BCUT2D eigenvalue weighted by Gasteiger charge is -2.22. The fourth-order valence-corrected chi connectivity index (χ4v) is 6.84. The van der Waals surface area contributed by atoms with Crippen molar-refractivity contribution in [3.05, 3.63) is 71.8 Å². The van der Waals surface area contributed by atoms with Crippen molar-refractivity contribution in [2.24, 2.45) is 11.8 Å². The molecule has 2 aromatic carbocycles. The van der Waals surface area contributed by atoms with Crippen LogP contribution in [-0.4, -0.2) is 132 Å². The summed E-state index contributed by atoms with van der Waals surface area (Å²) in [5, 5.41) is 8.48. The van der Waals surface area contributed by atoms with E-state index in [4.69, 9.17) is 33.2 Å². The molecule has 0 heterocycles. The van der Waals surface area contributed by atoms with Crippen molar-refractivity contribution in [1.82, 2.24) is 20.9 Å². The maximum Gasteiger partial charge on any atom is 0.407 e. The van der Waals surface area contributed by atoms with Crippen molar-refractivity contribution in [3.63, 3.8) is 0 Å². The van der Waals surface area contributed by atoms with Crippen LogP contribution in [0.4, 0.5) is 4.79 Å². The van der Waals surface area contributed by atoms with Crippen molar-refractivity contribution < 1.29 is 66.7 Å². The summed E-state index contributed by atoms with van der Waals surface area (Å²) in [7, 11) is 2.50. The van der Waals surface area contributed by atoms with Crippen LogP contribution in [0.25, 0.3) is 0 Å². The molecule has 69 heavy (non-hydrogen) atoms. The number of benzene rings is 2. The van der Waals surface area contributed by atoms with Crippen LogP contribution in [0.5, 0.6) is 0 Å². The molecule has 0 unspecified atom stereocenters. The number of nitrogens with zero attached hydrogens (tertiary/aromatic N) is 1. The Hall–Kier alpha value is -5.59. The highest BCUT2D eigenvalue weighted by Crippen LogP contribution is 2.17. The van der Waals surface area contributed by atoms with Gasteiger partial charge >= 0.3 is 30.0 Å². The summed E-state index contributed by atoms with van der Waals surface area (Å²) in [4.78, 5) is 89.0. The van der Waals surface area contributed by atoms with Gasteiger partial charge in [-0.1, -0.05) is 73.5 Å². The highest BCUT2D eigenvalue weighted by molar-refractivity contribution is 5.82. The zero-order valence-electron chi connectivity index (χ0n) is 41.6. The number of alkyl carbamates (subject to hydrolysis) is 1. The molecular formula is C51H78N4O14. The number of nitrogens with one attached hydrogen (secondary N) is 3. The Labute approximate surface area is 408 Å². The summed E-state index contributed by atoms with van der Waals surface area (Å²) < 4.78 is 37.0. The lowest BCUT2D eigenvalue weighted by Crippen LogP contribution is -2.34. The molecule has 0 aliphatic rings. The molecule has 0 fully saturated rings. The smallest absolute Gasteiger partial charge is 0.407 e. The maximum absolute atomic E-state index is 12.6. The van der Waals surface area contributed by atoms with Crippen molar-refractivity contribution in [2.75, 3.05) is 79.9 Å². The van der Waals surface area contributed by atoms with Gasteiger partial charge in [-0.15, -0.1) is 0 Å². The fraction of sp³-hybridized carbons (Fsp3) is 0.627. The monoisotopic (exact) mass is 971 g/mol. The second kappa shape index (κ2) is 36.4. The molecule has 0 bridgehead atoms. The van der Waals surface area contributed by atoms with Crippen LogP contribution in [-0.2, 0) is 75.1 Å². The molecule has 2 rings (SSSR count). The molecule has 386 valence electrons. The number of methoxy groups -OCH3 is 2. The minimum Gasteiger partial charge on any atom is -0.469 e. The Morgan fingerprint density at radius 1 is 0.536 bits per heavy atom. The zero-order valence-corrected chi connectivity index (χ0v) is 41.6. The molecule has 2 atom stereocenters. The van der Waals surface area contributed by atoms with Gasteiger partial charge in [0.15, 0.2) is 0 Å². The van der Waals surface area contributed by atoms with Crippen LogP contribution >= 0.6 is 0 Å². The molecule has 18 heteroatoms. The predicted molar refractivity (Wildman–Crippen MR) is 257 cm³/mol. The van der Waals surface area contributed by atoms with Gasteiger partial charge in [-0.05, 0) is 83.5 Å². The third kappa shape index (κ3) is 31.2. The Balaban J connectivity index is 1.72. The number of unbranched alkanes of at least 4 members (excludes halogenated alkanes) is 4. The second-order valence-electron chi connectivity index (χ2n) is 17.5. The Morgan fingerprint density at radius 2 is 0.986 bits per heavy atom. The van der Waals surface area contributed by atoms with Gasteiger partial charge in [0.05, 0.1) is 65.3 Å². The molecule has 3 amide bonds. The average Bonchev–Trinajstić information content (AvgIpc) is 3.33. The first-order valence-corrected chi connectivity index (χ1v) is 24.1. The minimum atomic E-state index is -0.785. The Bertz CT molecular complexity index is 1670. The predicted octanol–water partition coefficient (Wildman–Crippen LogP) is 5.83. The minimum absolute atomic E-state index is 0.0704. The van der Waals surface area contributed by atoms with Gasteiger partial charge in [-0.25, -0.2) is 4.79 Å². The van der Waals surface area contributed by atoms with Crippen molar-refractivity contribution >= 4 is 41.8 Å². The molecular weight excluding hydrogens is 893 g/mol. The number of hydrogen-bond donors (Lipinski definition) is 3. The van der Waals surface area contributed by atoms with E-state index < -0.39 is 47.4 Å². The maximum atomic E-state index is 12.6. The third-order valence-corrected chi connectivity index (χ3v) is 10.6. The molecule has 0 saturated carbocycles. The van der Waals surface area contributed by atoms with Crippen molar-refractivity contribution in [2.45, 2.75) is 117 Å². The van der Waals surface area contributed by atoms with E-state index in [0.29, 0.717) is 52.6 Å². The Kier molecular flexibility index (Phi) is 31.4. The normalized spacial score (nSPS) is 12.0. The molecule has 3 N–H and O–H groups in total. The lowest BCUT2D eigenvalue weighted by molar-refractivity contribution is -0.154. The fourth-order valence-electron chi connectivity index (χ4n) is 6.84. The van der Waals surface area contributed by atoms with E-state index >= 15 is 0 Å². The molecule has 0 radical (unpaired) electrons. The number of hydrogen-bond acceptors (Lipinski definition) is 15. The van der Waals surface area contributed by atoms with Crippen molar-refractivity contribution in [3.8, 4) is 0 Å². The van der Waals surface area contributed by atoms with Crippen LogP contribution in [0, 0.1) is 11.8 Å². The first kappa shape index (κ1) is 59.5. The van der Waals surface area contributed by atoms with E-state index in [9.17, 15) is 33.6 Å². The van der Waals surface area contributed by atoms with Gasteiger partial charge in [-0.3, -0.25) is 28.8 Å². The largest absolute Gasteiger partial charge is 0.469 e. The number of esters is 4. The summed E-state index contributed by atoms with van der Waals surface area (Å²) in [5.41, 5.74) is 1.09. The number of ether oxygens (including phenoxy) is 7. The highest BCUT2D eigenvalue weighted by Gasteiger charge is 2.26. The van der Waals surface area contributed by atoms with E-state index in [-0.39, 0.29) is 63.6 Å². The molecule has 0 spiro atoms. The standard InChI is InChI=1S/C51H78N4O14/c1-51(2,3)69-50(62)54-28-32-65-34-35-66-33-31-55(29-16-8-14-26-52-44(56)24-22-42(48(60)63-4)36-46(58)67-38-40-18-10-6-11-19-40)30-17-9-15-27-53-45(57)25-23-43(49(61)64-5)37-47(59)68-39-41-20-12-7-13-21-41/h6-7,10-13,18-21,42-43H,8-9,14-17,22-39H2,1-5H3,(H,52,56)(H,53,57)(H,54,62)/t42-,43+. The summed E-state index contributed by atoms with van der Waals surface area (Å²) in [6.45, 7) is 10.8. The molecule has 0 aliphatic carbocycles. The summed E-state index contributed by atoms with van der Waals surface area (Å²) in [6.07, 6.45) is 4.69. The summed E-state index contributed by atoms with van der Waals surface area (Å²) in [6, 6.07) is 18.5. The molecule has 0 saturated heterocycles. The molecule has 0 aliphatic heterocycles. The topological polar surface area (TPSA) is 223 Å². The van der Waals surface area contributed by atoms with Crippen LogP contribution in [0.3, 0.4) is 0 Å². The molecule has 2 aromatic rings. The first-order chi connectivity index (χ1) is 33.2. The Morgan fingerprint density at radius 3 is 1.42 bits per heavy atom. The highest BCUT2D eigenvalue weighted by atomic mass is 16.6. The molecule has 18 nitrogen and oxygen atoms in total. The third-order valence-electron chi connectivity index (χ3n) is 10.6. The summed E-state index contributed by atoms with van der Waals surface area (Å²) >= 11 is 0. The first-order valence-electron chi connectivity index (χ1n) is 24.1. The van der Waals surface area contributed by atoms with Gasteiger partial charge in [0.25, 0.3) is 0 Å². The molecule has 0 aromatic heterocycles. The van der Waals surface area contributed by atoms with Gasteiger partial charge < -0.3 is 54.0 Å². The average molecular weight is 971 g/mol. The summed E-state index contributed by atoms with van der Waals surface area (Å²) in [5.74, 6) is -4.17. The van der Waals surface area contributed by atoms with Gasteiger partial charge in [-0.2, -0.15) is 0 Å². The van der Waals surface area contributed by atoms with Gasteiger partial charge in [0.1, 0.15) is 18.8 Å². The van der Waals surface area contributed by atoms with E-state index in [0.717, 1.165) is 62.7 Å².